The van der Waals surface area contributed by atoms with Crippen molar-refractivity contribution in [2.45, 2.75) is 50.5 Å². The van der Waals surface area contributed by atoms with Gasteiger partial charge < -0.3 is 4.74 Å². The molecule has 0 bridgehead atoms. The van der Waals surface area contributed by atoms with Crippen molar-refractivity contribution < 1.29 is 4.74 Å². The van der Waals surface area contributed by atoms with Gasteiger partial charge in [-0.2, -0.15) is 0 Å². The average Bonchev–Trinajstić information content (AvgIpc) is 3.33. The second-order valence-electron chi connectivity index (χ2n) is 6.79. The molecule has 0 radical (unpaired) electrons. The Morgan fingerprint density at radius 3 is 2.09 bits per heavy atom. The fourth-order valence-corrected chi connectivity index (χ4v) is 4.26. The molecule has 4 rings (SSSR count). The summed E-state index contributed by atoms with van der Waals surface area (Å²) in [5.74, 6) is 0. The Morgan fingerprint density at radius 2 is 1.55 bits per heavy atom. The van der Waals surface area contributed by atoms with E-state index in [1.54, 1.807) is 0 Å². The topological polar surface area (TPSA) is 12.5 Å². The Bertz CT molecular complexity index is 624. The first-order valence-corrected chi connectivity index (χ1v) is 8.66. The lowest BCUT2D eigenvalue weighted by molar-refractivity contribution is 0.332. The number of fused-ring (bicyclic) bond motifs is 3. The molecule has 0 aromatic heterocycles. The first kappa shape index (κ1) is 14.0. The van der Waals surface area contributed by atoms with Crippen LogP contribution in [0.15, 0.2) is 48.5 Å². The van der Waals surface area contributed by atoms with Crippen molar-refractivity contribution in [1.82, 2.24) is 0 Å². The smallest absolute Gasteiger partial charge is 0.0821 e. The fourth-order valence-electron chi connectivity index (χ4n) is 4.26. The van der Waals surface area contributed by atoms with Crippen LogP contribution in [-0.4, -0.2) is 12.7 Å². The highest BCUT2D eigenvalue weighted by Crippen LogP contribution is 2.54. The highest BCUT2D eigenvalue weighted by atomic mass is 16.6. The van der Waals surface area contributed by atoms with E-state index in [9.17, 15) is 0 Å². The lowest BCUT2D eigenvalue weighted by atomic mass is 9.71. The highest BCUT2D eigenvalue weighted by Gasteiger charge is 2.46. The summed E-state index contributed by atoms with van der Waals surface area (Å²) in [6, 6.07) is 18.0. The molecule has 2 aliphatic rings. The molecule has 0 spiro atoms. The molecule has 0 N–H and O–H groups in total. The summed E-state index contributed by atoms with van der Waals surface area (Å²) >= 11 is 0. The molecular weight excluding hydrogens is 268 g/mol. The zero-order chi connectivity index (χ0) is 15.0. The van der Waals surface area contributed by atoms with E-state index >= 15 is 0 Å². The van der Waals surface area contributed by atoms with E-state index < -0.39 is 0 Å². The molecule has 0 saturated carbocycles. The maximum Gasteiger partial charge on any atom is 0.0821 e. The van der Waals surface area contributed by atoms with E-state index in [1.165, 1.54) is 47.9 Å². The number of hydrogen-bond donors (Lipinski definition) is 0. The Balaban J connectivity index is 1.84. The van der Waals surface area contributed by atoms with Gasteiger partial charge in [-0.15, -0.1) is 0 Å². The molecule has 22 heavy (non-hydrogen) atoms. The molecule has 1 nitrogen and oxygen atoms in total. The monoisotopic (exact) mass is 292 g/mol. The number of hydrogen-bond acceptors (Lipinski definition) is 1. The number of epoxide rings is 1. The number of rotatable bonds is 6. The molecule has 1 aliphatic heterocycles. The molecule has 0 unspecified atom stereocenters. The SMILES string of the molecule is CCCCCC1(C[C@@H]2CO2)c2ccccc2-c2ccccc21. The van der Waals surface area contributed by atoms with E-state index in [1.807, 2.05) is 0 Å². The van der Waals surface area contributed by atoms with E-state index in [0.717, 1.165) is 13.0 Å². The molecule has 2 aromatic carbocycles. The molecule has 2 aromatic rings. The van der Waals surface area contributed by atoms with E-state index in [-0.39, 0.29) is 5.41 Å². The van der Waals surface area contributed by atoms with Crippen molar-refractivity contribution in [3.05, 3.63) is 59.7 Å². The van der Waals surface area contributed by atoms with Crippen molar-refractivity contribution >= 4 is 0 Å². The van der Waals surface area contributed by atoms with Crippen molar-refractivity contribution in [3.8, 4) is 11.1 Å². The van der Waals surface area contributed by atoms with Gasteiger partial charge in [-0.3, -0.25) is 0 Å². The molecular formula is C21H24O. The predicted octanol–water partition coefficient (Wildman–Crippen LogP) is 5.32. The summed E-state index contributed by atoms with van der Waals surface area (Å²) in [7, 11) is 0. The number of benzene rings is 2. The van der Waals surface area contributed by atoms with Crippen LogP contribution in [0.3, 0.4) is 0 Å². The van der Waals surface area contributed by atoms with Crippen LogP contribution < -0.4 is 0 Å². The van der Waals surface area contributed by atoms with Crippen LogP contribution in [-0.2, 0) is 10.2 Å². The summed E-state index contributed by atoms with van der Waals surface area (Å²) in [6.45, 7) is 3.23. The third-order valence-electron chi connectivity index (χ3n) is 5.36. The average molecular weight is 292 g/mol. The van der Waals surface area contributed by atoms with Crippen LogP contribution in [0, 0.1) is 0 Å². The van der Waals surface area contributed by atoms with E-state index in [2.05, 4.69) is 55.5 Å². The van der Waals surface area contributed by atoms with Crippen LogP contribution >= 0.6 is 0 Å². The predicted molar refractivity (Wildman–Crippen MR) is 91.2 cm³/mol. The highest BCUT2D eigenvalue weighted by molar-refractivity contribution is 5.81. The van der Waals surface area contributed by atoms with Gasteiger partial charge in [0.15, 0.2) is 0 Å². The van der Waals surface area contributed by atoms with Gasteiger partial charge in [-0.05, 0) is 35.1 Å². The van der Waals surface area contributed by atoms with Gasteiger partial charge in [0.2, 0.25) is 0 Å². The summed E-state index contributed by atoms with van der Waals surface area (Å²) in [6.07, 6.45) is 6.74. The molecule has 1 saturated heterocycles. The molecule has 1 heteroatoms. The van der Waals surface area contributed by atoms with Crippen molar-refractivity contribution in [2.75, 3.05) is 6.61 Å². The van der Waals surface area contributed by atoms with Crippen molar-refractivity contribution in [1.29, 1.82) is 0 Å². The van der Waals surface area contributed by atoms with Crippen LogP contribution in [0.2, 0.25) is 0 Å². The minimum Gasteiger partial charge on any atom is -0.373 e. The maximum absolute atomic E-state index is 5.63. The van der Waals surface area contributed by atoms with Gasteiger partial charge in [0.25, 0.3) is 0 Å². The summed E-state index contributed by atoms with van der Waals surface area (Å²) in [4.78, 5) is 0. The standard InChI is InChI=1S/C21H24O/c1-2-3-8-13-21(14-16-15-22-16)19-11-6-4-9-17(19)18-10-5-7-12-20(18)21/h4-7,9-12,16H,2-3,8,13-15H2,1H3/t16-/m1/s1. The fraction of sp³-hybridized carbons (Fsp3) is 0.429. The molecule has 0 amide bonds. The minimum atomic E-state index is 0.170. The Morgan fingerprint density at radius 1 is 0.955 bits per heavy atom. The summed E-state index contributed by atoms with van der Waals surface area (Å²) < 4.78 is 5.63. The van der Waals surface area contributed by atoms with Crippen molar-refractivity contribution in [2.24, 2.45) is 0 Å². The van der Waals surface area contributed by atoms with Crippen LogP contribution in [0.5, 0.6) is 0 Å². The van der Waals surface area contributed by atoms with E-state index in [4.69, 9.17) is 4.74 Å². The van der Waals surface area contributed by atoms with Gasteiger partial charge >= 0.3 is 0 Å². The van der Waals surface area contributed by atoms with Gasteiger partial charge in [-0.25, -0.2) is 0 Å². The van der Waals surface area contributed by atoms with Crippen LogP contribution in [0.1, 0.15) is 50.2 Å². The molecule has 114 valence electrons. The lowest BCUT2D eigenvalue weighted by Crippen LogP contribution is -2.27. The first-order valence-electron chi connectivity index (χ1n) is 8.66. The van der Waals surface area contributed by atoms with E-state index in [0.29, 0.717) is 6.10 Å². The number of unbranched alkanes of at least 4 members (excludes halogenated alkanes) is 2. The third kappa shape index (κ3) is 2.19. The first-order chi connectivity index (χ1) is 10.8. The Hall–Kier alpha value is -1.60. The zero-order valence-corrected chi connectivity index (χ0v) is 13.3. The second-order valence-corrected chi connectivity index (χ2v) is 6.79. The van der Waals surface area contributed by atoms with Crippen LogP contribution in [0.25, 0.3) is 11.1 Å². The Labute approximate surface area is 133 Å². The second kappa shape index (κ2) is 5.55. The van der Waals surface area contributed by atoms with Gasteiger partial charge in [-0.1, -0.05) is 74.7 Å². The quantitative estimate of drug-likeness (QED) is 0.518. The van der Waals surface area contributed by atoms with Gasteiger partial charge in [0.05, 0.1) is 12.7 Å². The lowest BCUT2D eigenvalue weighted by Gasteiger charge is -2.32. The largest absolute Gasteiger partial charge is 0.373 e. The molecule has 1 fully saturated rings. The zero-order valence-electron chi connectivity index (χ0n) is 13.3. The van der Waals surface area contributed by atoms with Crippen molar-refractivity contribution in [3.63, 3.8) is 0 Å². The summed E-state index contributed by atoms with van der Waals surface area (Å²) in [5, 5.41) is 0. The number of ether oxygens (including phenoxy) is 1. The van der Waals surface area contributed by atoms with Gasteiger partial charge in [0, 0.05) is 5.41 Å². The Kier molecular flexibility index (Phi) is 3.54. The normalized spacial score (nSPS) is 20.5. The third-order valence-corrected chi connectivity index (χ3v) is 5.36. The summed E-state index contributed by atoms with van der Waals surface area (Å²) in [5.41, 5.74) is 6.11. The van der Waals surface area contributed by atoms with Gasteiger partial charge in [0.1, 0.15) is 0 Å². The molecule has 1 aliphatic carbocycles. The van der Waals surface area contributed by atoms with Crippen LogP contribution in [0.4, 0.5) is 0 Å². The molecule has 1 atom stereocenters. The maximum atomic E-state index is 5.63. The molecule has 1 heterocycles. The minimum absolute atomic E-state index is 0.170.